The highest BCUT2D eigenvalue weighted by molar-refractivity contribution is 6.04. The normalized spacial score (nSPS) is 23.1. The first-order valence-electron chi connectivity index (χ1n) is 22.0. The van der Waals surface area contributed by atoms with E-state index in [-0.39, 0.29) is 54.8 Å². The zero-order valence-electron chi connectivity index (χ0n) is 35.7. The summed E-state index contributed by atoms with van der Waals surface area (Å²) in [6.45, 7) is 5.39. The van der Waals surface area contributed by atoms with Gasteiger partial charge in [-0.05, 0) is 87.6 Å². The number of nitrogens with one attached hydrogen (secondary N) is 3. The van der Waals surface area contributed by atoms with Gasteiger partial charge in [0.2, 0.25) is 23.7 Å². The average molecular weight is 858 g/mol. The number of ether oxygens (including phenoxy) is 1. The molecule has 17 heteroatoms. The van der Waals surface area contributed by atoms with Crippen LogP contribution in [0.25, 0.3) is 0 Å². The molecule has 4 fully saturated rings. The third-order valence-electron chi connectivity index (χ3n) is 13.7. The molecule has 0 spiro atoms. The van der Waals surface area contributed by atoms with Crippen LogP contribution in [0, 0.1) is 17.6 Å². The largest absolute Gasteiger partial charge is 0.495 e. The number of anilines is 5. The molecule has 1 saturated carbocycles. The molecule has 1 unspecified atom stereocenters. The molecule has 1 aromatic heterocycles. The van der Waals surface area contributed by atoms with Crippen LogP contribution in [0.1, 0.15) is 99.4 Å². The van der Waals surface area contributed by atoms with E-state index in [0.717, 1.165) is 44.5 Å². The lowest BCUT2D eigenvalue weighted by Crippen LogP contribution is -2.56. The first-order chi connectivity index (χ1) is 29.9. The number of hydrogen-bond donors (Lipinski definition) is 4. The van der Waals surface area contributed by atoms with Crippen molar-refractivity contribution in [2.45, 2.75) is 101 Å². The zero-order valence-corrected chi connectivity index (χ0v) is 35.7. The van der Waals surface area contributed by atoms with Crippen molar-refractivity contribution >= 4 is 52.5 Å². The summed E-state index contributed by atoms with van der Waals surface area (Å²) in [5.74, 6) is -2.19. The van der Waals surface area contributed by atoms with Crippen LogP contribution in [0.5, 0.6) is 5.75 Å². The highest BCUT2D eigenvalue weighted by atomic mass is 19.1. The molecular formula is C45H57F2N9O6. The molecule has 0 bridgehead atoms. The molecule has 5 aliphatic rings. The van der Waals surface area contributed by atoms with E-state index < -0.39 is 34.9 Å². The second-order valence-electron chi connectivity index (χ2n) is 17.5. The van der Waals surface area contributed by atoms with Crippen molar-refractivity contribution < 1.29 is 37.8 Å². The van der Waals surface area contributed by atoms with Crippen molar-refractivity contribution in [2.24, 2.45) is 5.92 Å². The highest BCUT2D eigenvalue weighted by Gasteiger charge is 2.42. The summed E-state index contributed by atoms with van der Waals surface area (Å²) in [7, 11) is 3.30. The summed E-state index contributed by atoms with van der Waals surface area (Å²) in [5, 5.41) is 18.8. The Morgan fingerprint density at radius 3 is 2.45 bits per heavy atom. The van der Waals surface area contributed by atoms with Crippen molar-refractivity contribution in [1.29, 1.82) is 0 Å². The molecule has 4 aliphatic heterocycles. The lowest BCUT2D eigenvalue weighted by atomic mass is 9.84. The fourth-order valence-corrected chi connectivity index (χ4v) is 10.3. The number of carbonyl (C=O) groups is 4. The van der Waals surface area contributed by atoms with Gasteiger partial charge in [-0.25, -0.2) is 13.8 Å². The monoisotopic (exact) mass is 857 g/mol. The van der Waals surface area contributed by atoms with Crippen molar-refractivity contribution in [2.75, 3.05) is 73.5 Å². The lowest BCUT2D eigenvalue weighted by molar-refractivity contribution is -0.134. The predicted molar refractivity (Wildman–Crippen MR) is 230 cm³/mol. The minimum absolute atomic E-state index is 0.0356. The third-order valence-corrected chi connectivity index (χ3v) is 13.7. The van der Waals surface area contributed by atoms with Gasteiger partial charge in [-0.1, -0.05) is 19.8 Å². The number of rotatable bonds is 13. The summed E-state index contributed by atoms with van der Waals surface area (Å²) in [5.41, 5.74) is 1.17. The number of imide groups is 1. The number of carbonyl (C=O) groups excluding carboxylic acids is 4. The smallest absolute Gasteiger partial charge is 0.251 e. The molecule has 5 heterocycles. The van der Waals surface area contributed by atoms with Gasteiger partial charge >= 0.3 is 0 Å². The van der Waals surface area contributed by atoms with Gasteiger partial charge in [-0.15, -0.1) is 0 Å². The Kier molecular flexibility index (Phi) is 12.6. The van der Waals surface area contributed by atoms with Gasteiger partial charge in [0.1, 0.15) is 29.1 Å². The summed E-state index contributed by atoms with van der Waals surface area (Å²) < 4.78 is 36.3. The van der Waals surface area contributed by atoms with Gasteiger partial charge < -0.3 is 40.1 Å². The van der Waals surface area contributed by atoms with Crippen LogP contribution in [0.3, 0.4) is 0 Å². The minimum Gasteiger partial charge on any atom is -0.495 e. The van der Waals surface area contributed by atoms with E-state index in [1.807, 2.05) is 11.8 Å². The standard InChI is InChI=1S/C45H57F2N9O6/c1-4-35-43(61)53(2)36-24-48-44(51-40(36)56(35)29-7-5-6-8-29)49-34-11-9-28(21-37(34)62-3)41(59)52-45(16-20-57)14-18-54(19-15-45)25-27-13-17-55(26-27)30-22-32(46)39(33(47)23-30)31-10-12-38(58)50-42(31)60/h9,11,21-24,27,29,31,35,57H,4-8,10,12-20,25-26H2,1-3H3,(H,52,59)(H,48,49,51)(H,50,58,60)/t27-,31?,35-/m1/s1. The number of amides is 4. The quantitative estimate of drug-likeness (QED) is 0.170. The van der Waals surface area contributed by atoms with Gasteiger partial charge in [0.25, 0.3) is 5.91 Å². The van der Waals surface area contributed by atoms with Gasteiger partial charge in [0, 0.05) is 81.2 Å². The number of fused-ring (bicyclic) bond motifs is 1. The summed E-state index contributed by atoms with van der Waals surface area (Å²) in [4.78, 5) is 68.7. The topological polar surface area (TPSA) is 173 Å². The molecule has 3 aromatic rings. The molecule has 332 valence electrons. The maximum absolute atomic E-state index is 15.3. The summed E-state index contributed by atoms with van der Waals surface area (Å²) in [6.07, 6.45) is 9.23. The molecule has 3 atom stereocenters. The fourth-order valence-electron chi connectivity index (χ4n) is 10.3. The second-order valence-corrected chi connectivity index (χ2v) is 17.5. The molecule has 0 radical (unpaired) electrons. The Morgan fingerprint density at radius 1 is 1.03 bits per heavy atom. The van der Waals surface area contributed by atoms with E-state index in [4.69, 9.17) is 9.72 Å². The van der Waals surface area contributed by atoms with Gasteiger partial charge in [-0.2, -0.15) is 4.98 Å². The van der Waals surface area contributed by atoms with Crippen LogP contribution in [0.2, 0.25) is 0 Å². The number of likely N-dealkylation sites (N-methyl/N-ethyl adjacent to an activating group) is 1. The van der Waals surface area contributed by atoms with Crippen molar-refractivity contribution in [3.05, 3.63) is 59.3 Å². The molecule has 4 N–H and O–H groups in total. The fraction of sp³-hybridized carbons (Fsp3) is 0.556. The number of hydrogen-bond acceptors (Lipinski definition) is 12. The first-order valence-corrected chi connectivity index (χ1v) is 22.0. The summed E-state index contributed by atoms with van der Waals surface area (Å²) >= 11 is 0. The number of aliphatic hydroxyl groups is 1. The van der Waals surface area contributed by atoms with Crippen LogP contribution in [0.15, 0.2) is 36.5 Å². The maximum Gasteiger partial charge on any atom is 0.251 e. The molecule has 4 amide bonds. The highest BCUT2D eigenvalue weighted by Crippen LogP contribution is 2.41. The number of halogens is 2. The van der Waals surface area contributed by atoms with E-state index in [9.17, 15) is 24.3 Å². The number of aliphatic hydroxyl groups excluding tert-OH is 1. The Hall–Kier alpha value is -5.42. The van der Waals surface area contributed by atoms with Crippen molar-refractivity contribution in [3.63, 3.8) is 0 Å². The zero-order chi connectivity index (χ0) is 43.7. The Labute approximate surface area is 360 Å². The molecule has 8 rings (SSSR count). The Morgan fingerprint density at radius 2 is 1.77 bits per heavy atom. The summed E-state index contributed by atoms with van der Waals surface area (Å²) in [6, 6.07) is 7.67. The molecule has 3 saturated heterocycles. The van der Waals surface area contributed by atoms with Crippen molar-refractivity contribution in [3.8, 4) is 5.75 Å². The second kappa shape index (κ2) is 18.1. The van der Waals surface area contributed by atoms with E-state index in [1.54, 1.807) is 36.3 Å². The Bertz CT molecular complexity index is 2170. The van der Waals surface area contributed by atoms with Crippen LogP contribution in [-0.4, -0.2) is 115 Å². The number of benzene rings is 2. The van der Waals surface area contributed by atoms with E-state index >= 15 is 8.78 Å². The van der Waals surface area contributed by atoms with E-state index in [0.29, 0.717) is 86.2 Å². The number of nitrogens with zero attached hydrogens (tertiary/aromatic N) is 6. The molecule has 2 aromatic carbocycles. The molecular weight excluding hydrogens is 801 g/mol. The predicted octanol–water partition coefficient (Wildman–Crippen LogP) is 5.00. The number of piperidine rings is 2. The number of methoxy groups -OCH3 is 1. The SMILES string of the molecule is CC[C@@H]1C(=O)N(C)c2cnc(Nc3ccc(C(=O)NC4(CCO)CCN(C[C@H]5CCN(c6cc(F)c(C7CCC(=O)NC7=O)c(F)c6)C5)CC4)cc3OC)nc2N1C1CCCC1. The van der Waals surface area contributed by atoms with Crippen LogP contribution < -0.4 is 35.4 Å². The molecule has 62 heavy (non-hydrogen) atoms. The maximum atomic E-state index is 15.3. The van der Waals surface area contributed by atoms with Gasteiger partial charge in [-0.3, -0.25) is 24.5 Å². The minimum atomic E-state index is -1.04. The van der Waals surface area contributed by atoms with Crippen LogP contribution >= 0.6 is 0 Å². The molecule has 15 nitrogen and oxygen atoms in total. The Balaban J connectivity index is 0.882. The van der Waals surface area contributed by atoms with E-state index in [2.05, 4.69) is 30.7 Å². The average Bonchev–Trinajstić information content (AvgIpc) is 3.97. The first kappa shape index (κ1) is 43.2. The van der Waals surface area contributed by atoms with Crippen LogP contribution in [0.4, 0.5) is 37.6 Å². The van der Waals surface area contributed by atoms with Gasteiger partial charge in [0.05, 0.1) is 24.9 Å². The van der Waals surface area contributed by atoms with Crippen molar-refractivity contribution in [1.82, 2.24) is 25.5 Å². The lowest BCUT2D eigenvalue weighted by Gasteiger charge is -2.43. The third kappa shape index (κ3) is 8.65. The van der Waals surface area contributed by atoms with Gasteiger partial charge in [0.15, 0.2) is 5.82 Å². The number of likely N-dealkylation sites (tertiary alicyclic amines) is 1. The number of aromatic nitrogens is 2. The van der Waals surface area contributed by atoms with E-state index in [1.165, 1.54) is 19.2 Å². The van der Waals surface area contributed by atoms with Crippen LogP contribution in [-0.2, 0) is 14.4 Å². The molecule has 1 aliphatic carbocycles.